The molecule has 0 aliphatic rings. The van der Waals surface area contributed by atoms with Crippen LogP contribution in [0.4, 0.5) is 0 Å². The van der Waals surface area contributed by atoms with Gasteiger partial charge in [0.05, 0.1) is 7.11 Å². The van der Waals surface area contributed by atoms with Gasteiger partial charge in [-0.3, -0.25) is 0 Å². The maximum absolute atomic E-state index is 5.23. The summed E-state index contributed by atoms with van der Waals surface area (Å²) in [5, 5.41) is 0. The molecule has 0 saturated heterocycles. The fourth-order valence-electron chi connectivity index (χ4n) is 1.74. The van der Waals surface area contributed by atoms with Crippen LogP contribution in [0, 0.1) is 5.92 Å². The predicted molar refractivity (Wildman–Crippen MR) is 85.0 cm³/mol. The van der Waals surface area contributed by atoms with Gasteiger partial charge in [-0.2, -0.15) is 0 Å². The van der Waals surface area contributed by atoms with Gasteiger partial charge in [0.15, 0.2) is 0 Å². The molecule has 0 bridgehead atoms. The van der Waals surface area contributed by atoms with E-state index < -0.39 is 0 Å². The van der Waals surface area contributed by atoms with Crippen molar-refractivity contribution in [2.75, 3.05) is 27.2 Å². The molecule has 0 fully saturated rings. The molecule has 0 aromatic heterocycles. The number of nitrogens with zero attached hydrogens (tertiary/aromatic N) is 1. The first kappa shape index (κ1) is 18.0. The Balaban J connectivity index is 0.00000154. The fraction of sp³-hybridized carbons (Fsp3) is 0.647. The van der Waals surface area contributed by atoms with Crippen molar-refractivity contribution in [1.29, 1.82) is 0 Å². The van der Waals surface area contributed by atoms with Gasteiger partial charge in [-0.25, -0.2) is 0 Å². The van der Waals surface area contributed by atoms with Crippen molar-refractivity contribution in [3.05, 3.63) is 29.8 Å². The molecule has 1 rings (SSSR count). The molecule has 0 radical (unpaired) electrons. The minimum absolute atomic E-state index is 0.786. The minimum Gasteiger partial charge on any atom is -0.497 e. The van der Waals surface area contributed by atoms with Crippen molar-refractivity contribution in [2.45, 2.75) is 40.5 Å². The Hall–Kier alpha value is -1.02. The molecule has 110 valence electrons. The van der Waals surface area contributed by atoms with E-state index in [-0.39, 0.29) is 0 Å². The Kier molecular flexibility index (Phi) is 10.3. The van der Waals surface area contributed by atoms with Crippen LogP contribution >= 0.6 is 0 Å². The molecule has 1 aromatic rings. The van der Waals surface area contributed by atoms with Crippen LogP contribution in [0.3, 0.4) is 0 Å². The summed E-state index contributed by atoms with van der Waals surface area (Å²) in [6.45, 7) is 10.8. The van der Waals surface area contributed by atoms with Gasteiger partial charge in [0.25, 0.3) is 0 Å². The molecular weight excluding hydrogens is 234 g/mol. The highest BCUT2D eigenvalue weighted by atomic mass is 16.5. The summed E-state index contributed by atoms with van der Waals surface area (Å²) in [7, 11) is 3.91. The third-order valence-electron chi connectivity index (χ3n) is 3.00. The highest BCUT2D eigenvalue weighted by molar-refractivity contribution is 5.28. The van der Waals surface area contributed by atoms with Gasteiger partial charge in [0.1, 0.15) is 5.75 Å². The topological polar surface area (TPSA) is 12.5 Å². The van der Waals surface area contributed by atoms with E-state index >= 15 is 0 Å². The first-order chi connectivity index (χ1) is 9.11. The largest absolute Gasteiger partial charge is 0.497 e. The van der Waals surface area contributed by atoms with Crippen LogP contribution in [0.25, 0.3) is 0 Å². The van der Waals surface area contributed by atoms with Crippen LogP contribution < -0.4 is 4.74 Å². The molecule has 0 amide bonds. The molecule has 0 heterocycles. The second kappa shape index (κ2) is 10.9. The van der Waals surface area contributed by atoms with Crippen molar-refractivity contribution in [2.24, 2.45) is 5.92 Å². The monoisotopic (exact) mass is 265 g/mol. The number of hydrogen-bond acceptors (Lipinski definition) is 2. The van der Waals surface area contributed by atoms with E-state index in [1.165, 1.54) is 18.5 Å². The summed E-state index contributed by atoms with van der Waals surface area (Å²) in [6, 6.07) is 8.34. The molecule has 2 heteroatoms. The molecule has 19 heavy (non-hydrogen) atoms. The molecule has 0 aliphatic carbocycles. The predicted octanol–water partition coefficient (Wildman–Crippen LogP) is 4.24. The van der Waals surface area contributed by atoms with Gasteiger partial charge < -0.3 is 9.64 Å². The van der Waals surface area contributed by atoms with Crippen LogP contribution in [0.5, 0.6) is 5.75 Å². The van der Waals surface area contributed by atoms with Gasteiger partial charge in [-0.15, -0.1) is 0 Å². The molecule has 1 aromatic carbocycles. The summed E-state index contributed by atoms with van der Waals surface area (Å²) in [4.78, 5) is 2.40. The van der Waals surface area contributed by atoms with Crippen LogP contribution in [-0.4, -0.2) is 32.1 Å². The third kappa shape index (κ3) is 8.66. The van der Waals surface area contributed by atoms with Gasteiger partial charge >= 0.3 is 0 Å². The summed E-state index contributed by atoms with van der Waals surface area (Å²) in [5.74, 6) is 1.74. The molecule has 0 saturated carbocycles. The van der Waals surface area contributed by atoms with Gasteiger partial charge in [0, 0.05) is 6.54 Å². The lowest BCUT2D eigenvalue weighted by molar-refractivity contribution is 0.314. The Labute approximate surface area is 119 Å². The molecule has 0 N–H and O–H groups in total. The van der Waals surface area contributed by atoms with Gasteiger partial charge in [-0.05, 0) is 50.0 Å². The van der Waals surface area contributed by atoms with Crippen molar-refractivity contribution >= 4 is 0 Å². The van der Waals surface area contributed by atoms with Gasteiger partial charge in [-0.1, -0.05) is 39.8 Å². The Morgan fingerprint density at radius 3 is 2.42 bits per heavy atom. The normalized spacial score (nSPS) is 10.3. The average molecular weight is 265 g/mol. The summed E-state index contributed by atoms with van der Waals surface area (Å²) >= 11 is 0. The van der Waals surface area contributed by atoms with Crippen molar-refractivity contribution in [3.63, 3.8) is 0 Å². The molecule has 2 nitrogen and oxygen atoms in total. The quantitative estimate of drug-likeness (QED) is 0.731. The lowest BCUT2D eigenvalue weighted by Gasteiger charge is -2.17. The number of rotatable bonds is 7. The third-order valence-corrected chi connectivity index (χ3v) is 3.00. The number of benzene rings is 1. The molecular formula is C17H31NO. The van der Waals surface area contributed by atoms with E-state index in [0.717, 1.165) is 24.6 Å². The highest BCUT2D eigenvalue weighted by Crippen LogP contribution is 2.13. The van der Waals surface area contributed by atoms with Crippen LogP contribution in [-0.2, 0) is 6.42 Å². The maximum atomic E-state index is 5.23. The van der Waals surface area contributed by atoms with Crippen LogP contribution in [0.1, 0.15) is 39.7 Å². The van der Waals surface area contributed by atoms with Crippen molar-refractivity contribution in [1.82, 2.24) is 4.90 Å². The zero-order chi connectivity index (χ0) is 14.7. The zero-order valence-corrected chi connectivity index (χ0v) is 13.6. The fourth-order valence-corrected chi connectivity index (χ4v) is 1.74. The summed E-state index contributed by atoms with van der Waals surface area (Å²) in [6.07, 6.45) is 2.36. The number of hydrogen-bond donors (Lipinski definition) is 0. The van der Waals surface area contributed by atoms with Gasteiger partial charge in [0.2, 0.25) is 0 Å². The molecule has 0 aliphatic heterocycles. The maximum Gasteiger partial charge on any atom is 0.119 e. The second-order valence-electron chi connectivity index (χ2n) is 5.09. The summed E-state index contributed by atoms with van der Waals surface area (Å²) < 4.78 is 5.23. The Morgan fingerprint density at radius 1 is 1.16 bits per heavy atom. The lowest BCUT2D eigenvalue weighted by Crippen LogP contribution is -2.23. The SMILES string of the molecule is CC.COc1cccc(CCN(C)CCC(C)C)c1. The summed E-state index contributed by atoms with van der Waals surface area (Å²) in [5.41, 5.74) is 1.35. The smallest absolute Gasteiger partial charge is 0.119 e. The van der Waals surface area contributed by atoms with Crippen molar-refractivity contribution in [3.8, 4) is 5.75 Å². The van der Waals surface area contributed by atoms with E-state index in [4.69, 9.17) is 4.74 Å². The second-order valence-corrected chi connectivity index (χ2v) is 5.09. The Bertz CT molecular complexity index is 323. The van der Waals surface area contributed by atoms with E-state index in [0.29, 0.717) is 0 Å². The van der Waals surface area contributed by atoms with Crippen molar-refractivity contribution < 1.29 is 4.74 Å². The minimum atomic E-state index is 0.786. The lowest BCUT2D eigenvalue weighted by atomic mass is 10.1. The van der Waals surface area contributed by atoms with E-state index in [9.17, 15) is 0 Å². The number of ether oxygens (including phenoxy) is 1. The molecule has 0 spiro atoms. The first-order valence-corrected chi connectivity index (χ1v) is 7.43. The number of methoxy groups -OCH3 is 1. The van der Waals surface area contributed by atoms with Crippen LogP contribution in [0.2, 0.25) is 0 Å². The molecule has 0 atom stereocenters. The van der Waals surface area contributed by atoms with E-state index in [1.807, 2.05) is 19.9 Å². The van der Waals surface area contributed by atoms with E-state index in [2.05, 4.69) is 44.0 Å². The molecule has 0 unspecified atom stereocenters. The highest BCUT2D eigenvalue weighted by Gasteiger charge is 2.02. The van der Waals surface area contributed by atoms with E-state index in [1.54, 1.807) is 7.11 Å². The average Bonchev–Trinajstić information content (AvgIpc) is 2.45. The number of likely N-dealkylation sites (N-methyl/N-ethyl adjacent to an activating group) is 1. The standard InChI is InChI=1S/C15H25NO.C2H6/c1-13(2)8-10-16(3)11-9-14-6-5-7-15(12-14)17-4;1-2/h5-7,12-13H,8-11H2,1-4H3;1-2H3. The zero-order valence-electron chi connectivity index (χ0n) is 13.6. The Morgan fingerprint density at radius 2 is 1.84 bits per heavy atom. The van der Waals surface area contributed by atoms with Crippen LogP contribution in [0.15, 0.2) is 24.3 Å². The first-order valence-electron chi connectivity index (χ1n) is 7.43.